The van der Waals surface area contributed by atoms with Gasteiger partial charge >= 0.3 is 0 Å². The minimum atomic E-state index is -0.166. The second kappa shape index (κ2) is 8.21. The van der Waals surface area contributed by atoms with E-state index >= 15 is 0 Å². The van der Waals surface area contributed by atoms with Gasteiger partial charge in [-0.05, 0) is 19.0 Å². The van der Waals surface area contributed by atoms with Gasteiger partial charge < -0.3 is 15.6 Å². The predicted octanol–water partition coefficient (Wildman–Crippen LogP) is 0.496. The summed E-state index contributed by atoms with van der Waals surface area (Å²) in [5, 5.41) is 9.41. The number of hydrogen-bond acceptors (Lipinski definition) is 4. The van der Waals surface area contributed by atoms with Gasteiger partial charge in [-0.3, -0.25) is 4.90 Å². The van der Waals surface area contributed by atoms with Crippen molar-refractivity contribution >= 4 is 0 Å². The number of aliphatic hydroxyl groups is 1. The summed E-state index contributed by atoms with van der Waals surface area (Å²) in [5.74, 6) is 0. The van der Waals surface area contributed by atoms with Crippen LogP contribution in [-0.4, -0.2) is 56.0 Å². The van der Waals surface area contributed by atoms with Crippen LogP contribution in [0.3, 0.4) is 0 Å². The van der Waals surface area contributed by atoms with Crippen LogP contribution in [0.1, 0.15) is 5.56 Å². The molecule has 2 atom stereocenters. The molecule has 102 valence electrons. The lowest BCUT2D eigenvalue weighted by Crippen LogP contribution is -2.51. The standard InChI is InChI=1S/C14H24N2O2/c1-16(14(10-17)13(15)11-18-2)9-8-12-6-4-3-5-7-12/h3-7,13-14,17H,8-11,15H2,1-2H3. The monoisotopic (exact) mass is 252 g/mol. The number of benzene rings is 1. The fraction of sp³-hybridized carbons (Fsp3) is 0.571. The highest BCUT2D eigenvalue weighted by Gasteiger charge is 2.21. The first kappa shape index (κ1) is 15.1. The third-order valence-corrected chi connectivity index (χ3v) is 3.20. The molecule has 0 saturated heterocycles. The molecule has 0 amide bonds. The summed E-state index contributed by atoms with van der Waals surface area (Å²) in [6, 6.07) is 10.1. The summed E-state index contributed by atoms with van der Waals surface area (Å²) in [7, 11) is 3.61. The smallest absolute Gasteiger partial charge is 0.0629 e. The Balaban J connectivity index is 2.44. The van der Waals surface area contributed by atoms with Gasteiger partial charge in [0.25, 0.3) is 0 Å². The summed E-state index contributed by atoms with van der Waals surface area (Å²) in [5.41, 5.74) is 7.28. The molecule has 3 N–H and O–H groups in total. The molecule has 0 saturated carbocycles. The van der Waals surface area contributed by atoms with Crippen molar-refractivity contribution in [3.63, 3.8) is 0 Å². The molecule has 0 heterocycles. The zero-order valence-electron chi connectivity index (χ0n) is 11.2. The van der Waals surface area contributed by atoms with Crippen LogP contribution in [0.5, 0.6) is 0 Å². The number of hydrogen-bond donors (Lipinski definition) is 2. The Morgan fingerprint density at radius 2 is 2.00 bits per heavy atom. The number of rotatable bonds is 8. The van der Waals surface area contributed by atoms with Gasteiger partial charge in [-0.2, -0.15) is 0 Å². The first-order valence-electron chi connectivity index (χ1n) is 6.28. The summed E-state index contributed by atoms with van der Waals surface area (Å²) < 4.78 is 5.04. The molecule has 0 radical (unpaired) electrons. The molecule has 0 spiro atoms. The Bertz CT molecular complexity index is 319. The summed E-state index contributed by atoms with van der Waals surface area (Å²) in [4.78, 5) is 2.09. The van der Waals surface area contributed by atoms with Gasteiger partial charge in [0.2, 0.25) is 0 Å². The third-order valence-electron chi connectivity index (χ3n) is 3.20. The van der Waals surface area contributed by atoms with Crippen LogP contribution < -0.4 is 5.73 Å². The van der Waals surface area contributed by atoms with Crippen LogP contribution in [0.15, 0.2) is 30.3 Å². The van der Waals surface area contributed by atoms with Gasteiger partial charge in [-0.15, -0.1) is 0 Å². The topological polar surface area (TPSA) is 58.7 Å². The van der Waals surface area contributed by atoms with Crippen molar-refractivity contribution in [2.75, 3.05) is 33.9 Å². The van der Waals surface area contributed by atoms with Crippen molar-refractivity contribution in [1.29, 1.82) is 0 Å². The minimum absolute atomic E-state index is 0.0514. The molecule has 0 fully saturated rings. The van der Waals surface area contributed by atoms with E-state index in [1.54, 1.807) is 7.11 Å². The average Bonchev–Trinajstić information content (AvgIpc) is 2.39. The number of nitrogens with zero attached hydrogens (tertiary/aromatic N) is 1. The van der Waals surface area contributed by atoms with E-state index in [-0.39, 0.29) is 18.7 Å². The summed E-state index contributed by atoms with van der Waals surface area (Å²) >= 11 is 0. The molecule has 4 nitrogen and oxygen atoms in total. The zero-order chi connectivity index (χ0) is 13.4. The van der Waals surface area contributed by atoms with Crippen LogP contribution >= 0.6 is 0 Å². The Kier molecular flexibility index (Phi) is 6.90. The predicted molar refractivity (Wildman–Crippen MR) is 73.5 cm³/mol. The van der Waals surface area contributed by atoms with E-state index in [9.17, 15) is 5.11 Å². The minimum Gasteiger partial charge on any atom is -0.395 e. The Hall–Kier alpha value is -0.940. The molecule has 4 heteroatoms. The fourth-order valence-corrected chi connectivity index (χ4v) is 2.02. The highest BCUT2D eigenvalue weighted by molar-refractivity contribution is 5.14. The van der Waals surface area contributed by atoms with Crippen LogP contribution in [0, 0.1) is 0 Å². The molecule has 0 bridgehead atoms. The van der Waals surface area contributed by atoms with Crippen molar-refractivity contribution in [1.82, 2.24) is 4.90 Å². The maximum Gasteiger partial charge on any atom is 0.0629 e. The van der Waals surface area contributed by atoms with E-state index in [1.165, 1.54) is 5.56 Å². The van der Waals surface area contributed by atoms with Gasteiger partial charge in [0, 0.05) is 25.7 Å². The van der Waals surface area contributed by atoms with Crippen molar-refractivity contribution in [3.8, 4) is 0 Å². The molecule has 1 aromatic carbocycles. The Morgan fingerprint density at radius 1 is 1.33 bits per heavy atom. The molecular weight excluding hydrogens is 228 g/mol. The maximum absolute atomic E-state index is 9.41. The maximum atomic E-state index is 9.41. The van der Waals surface area contributed by atoms with Gasteiger partial charge in [-0.25, -0.2) is 0 Å². The normalized spacial score (nSPS) is 14.7. The van der Waals surface area contributed by atoms with Gasteiger partial charge in [-0.1, -0.05) is 30.3 Å². The lowest BCUT2D eigenvalue weighted by atomic mass is 10.1. The van der Waals surface area contributed by atoms with Gasteiger partial charge in [0.1, 0.15) is 0 Å². The average molecular weight is 252 g/mol. The molecule has 1 aromatic rings. The summed E-state index contributed by atoms with van der Waals surface area (Å²) in [6.45, 7) is 1.38. The van der Waals surface area contributed by atoms with Crippen molar-refractivity contribution in [2.24, 2.45) is 5.73 Å². The second-order valence-corrected chi connectivity index (χ2v) is 4.59. The van der Waals surface area contributed by atoms with Crippen molar-refractivity contribution in [2.45, 2.75) is 18.5 Å². The number of methoxy groups -OCH3 is 1. The molecule has 0 aliphatic carbocycles. The highest BCUT2D eigenvalue weighted by atomic mass is 16.5. The molecule has 0 aliphatic rings. The number of nitrogens with two attached hydrogens (primary N) is 1. The number of aliphatic hydroxyl groups excluding tert-OH is 1. The fourth-order valence-electron chi connectivity index (χ4n) is 2.02. The SMILES string of the molecule is COCC(N)C(CO)N(C)CCc1ccccc1. The van der Waals surface area contributed by atoms with E-state index in [2.05, 4.69) is 17.0 Å². The van der Waals surface area contributed by atoms with E-state index in [4.69, 9.17) is 10.5 Å². The molecule has 1 rings (SSSR count). The number of likely N-dealkylation sites (N-methyl/N-ethyl adjacent to an activating group) is 1. The second-order valence-electron chi connectivity index (χ2n) is 4.59. The van der Waals surface area contributed by atoms with Crippen molar-refractivity contribution < 1.29 is 9.84 Å². The van der Waals surface area contributed by atoms with Gasteiger partial charge in [0.15, 0.2) is 0 Å². The lowest BCUT2D eigenvalue weighted by molar-refractivity contribution is 0.0860. The Morgan fingerprint density at radius 3 is 2.56 bits per heavy atom. The van der Waals surface area contributed by atoms with E-state index in [0.717, 1.165) is 13.0 Å². The van der Waals surface area contributed by atoms with Crippen LogP contribution in [0.25, 0.3) is 0 Å². The molecular formula is C14H24N2O2. The molecule has 18 heavy (non-hydrogen) atoms. The molecule has 0 aromatic heterocycles. The van der Waals surface area contributed by atoms with E-state index < -0.39 is 0 Å². The van der Waals surface area contributed by atoms with Crippen LogP contribution in [0.4, 0.5) is 0 Å². The first-order chi connectivity index (χ1) is 8.69. The van der Waals surface area contributed by atoms with E-state index in [0.29, 0.717) is 6.61 Å². The molecule has 2 unspecified atom stereocenters. The third kappa shape index (κ3) is 4.74. The van der Waals surface area contributed by atoms with Crippen molar-refractivity contribution in [3.05, 3.63) is 35.9 Å². The zero-order valence-corrected chi connectivity index (χ0v) is 11.2. The Labute approximate surface area is 109 Å². The van der Waals surface area contributed by atoms with Gasteiger partial charge in [0.05, 0.1) is 13.2 Å². The van der Waals surface area contributed by atoms with E-state index in [1.807, 2.05) is 25.2 Å². The molecule has 0 aliphatic heterocycles. The highest BCUT2D eigenvalue weighted by Crippen LogP contribution is 2.05. The lowest BCUT2D eigenvalue weighted by Gasteiger charge is -2.30. The first-order valence-corrected chi connectivity index (χ1v) is 6.28. The number of ether oxygens (including phenoxy) is 1. The quantitative estimate of drug-likeness (QED) is 0.707. The summed E-state index contributed by atoms with van der Waals surface area (Å²) in [6.07, 6.45) is 0.952. The van der Waals surface area contributed by atoms with Crippen LogP contribution in [-0.2, 0) is 11.2 Å². The largest absolute Gasteiger partial charge is 0.395 e. The van der Waals surface area contributed by atoms with Crippen LogP contribution in [0.2, 0.25) is 0 Å².